The van der Waals surface area contributed by atoms with E-state index in [9.17, 15) is 9.59 Å². The lowest BCUT2D eigenvalue weighted by atomic mass is 9.95. The molecule has 142 valence electrons. The SMILES string of the molecule is Cc1cc(C)c(NC(=O)C2CCN(C(=O)Cc3ccccc3)CC2)c(Cl)c1. The summed E-state index contributed by atoms with van der Waals surface area (Å²) in [6, 6.07) is 13.6. The van der Waals surface area contributed by atoms with Crippen LogP contribution in [0.15, 0.2) is 42.5 Å². The van der Waals surface area contributed by atoms with Crippen molar-refractivity contribution in [2.75, 3.05) is 18.4 Å². The van der Waals surface area contributed by atoms with E-state index in [1.54, 1.807) is 0 Å². The first-order valence-electron chi connectivity index (χ1n) is 9.33. The summed E-state index contributed by atoms with van der Waals surface area (Å²) in [7, 11) is 0. The number of hydrogen-bond acceptors (Lipinski definition) is 2. The fourth-order valence-corrected chi connectivity index (χ4v) is 3.94. The summed E-state index contributed by atoms with van der Waals surface area (Å²) in [4.78, 5) is 27.0. The number of nitrogens with one attached hydrogen (secondary N) is 1. The third kappa shape index (κ3) is 4.89. The van der Waals surface area contributed by atoms with E-state index in [4.69, 9.17) is 11.6 Å². The summed E-state index contributed by atoms with van der Waals surface area (Å²) < 4.78 is 0. The number of carbonyl (C=O) groups excluding carboxylic acids is 2. The van der Waals surface area contributed by atoms with E-state index >= 15 is 0 Å². The highest BCUT2D eigenvalue weighted by molar-refractivity contribution is 6.34. The standard InChI is InChI=1S/C22H25ClN2O2/c1-15-12-16(2)21(19(23)13-15)24-22(27)18-8-10-25(11-9-18)20(26)14-17-6-4-3-5-7-17/h3-7,12-13,18H,8-11,14H2,1-2H3,(H,24,27). The number of hydrogen-bond donors (Lipinski definition) is 1. The van der Waals surface area contributed by atoms with Crippen molar-refractivity contribution in [2.24, 2.45) is 5.92 Å². The van der Waals surface area contributed by atoms with Crippen molar-refractivity contribution >= 4 is 29.1 Å². The molecule has 1 heterocycles. The van der Waals surface area contributed by atoms with Gasteiger partial charge in [0.15, 0.2) is 0 Å². The Bertz CT molecular complexity index is 804. The molecule has 5 heteroatoms. The number of carbonyl (C=O) groups is 2. The highest BCUT2D eigenvalue weighted by atomic mass is 35.5. The van der Waals surface area contributed by atoms with Crippen LogP contribution in [-0.2, 0) is 16.0 Å². The average Bonchev–Trinajstić information content (AvgIpc) is 2.65. The Hall–Kier alpha value is -2.33. The van der Waals surface area contributed by atoms with Crippen LogP contribution in [-0.4, -0.2) is 29.8 Å². The zero-order chi connectivity index (χ0) is 19.4. The summed E-state index contributed by atoms with van der Waals surface area (Å²) in [5.74, 6) is 0.0130. The molecule has 27 heavy (non-hydrogen) atoms. The summed E-state index contributed by atoms with van der Waals surface area (Å²) in [6.45, 7) is 5.15. The molecular formula is C22H25ClN2O2. The Labute approximate surface area is 165 Å². The third-order valence-corrected chi connectivity index (χ3v) is 5.39. The number of nitrogens with zero attached hydrogens (tertiary/aromatic N) is 1. The Morgan fingerprint density at radius 2 is 1.78 bits per heavy atom. The molecule has 4 nitrogen and oxygen atoms in total. The van der Waals surface area contributed by atoms with Gasteiger partial charge in [-0.15, -0.1) is 0 Å². The number of likely N-dealkylation sites (tertiary alicyclic amines) is 1. The Balaban J connectivity index is 1.54. The Morgan fingerprint density at radius 3 is 2.41 bits per heavy atom. The predicted molar refractivity (Wildman–Crippen MR) is 109 cm³/mol. The maximum atomic E-state index is 12.7. The molecule has 0 aromatic heterocycles. The molecule has 2 aromatic rings. The van der Waals surface area contributed by atoms with Gasteiger partial charge in [-0.1, -0.05) is 48.0 Å². The second-order valence-electron chi connectivity index (χ2n) is 7.25. The predicted octanol–water partition coefficient (Wildman–Crippen LogP) is 4.38. The molecule has 0 unspecified atom stereocenters. The number of aryl methyl sites for hydroxylation is 2. The molecule has 1 aliphatic heterocycles. The van der Waals surface area contributed by atoms with Gasteiger partial charge in [0.2, 0.25) is 11.8 Å². The average molecular weight is 385 g/mol. The summed E-state index contributed by atoms with van der Waals surface area (Å²) in [5.41, 5.74) is 3.74. The maximum Gasteiger partial charge on any atom is 0.227 e. The van der Waals surface area contributed by atoms with Crippen molar-refractivity contribution in [1.29, 1.82) is 0 Å². The quantitative estimate of drug-likeness (QED) is 0.850. The number of benzene rings is 2. The fourth-order valence-electron chi connectivity index (χ4n) is 3.57. The molecule has 1 saturated heterocycles. The second-order valence-corrected chi connectivity index (χ2v) is 7.65. The van der Waals surface area contributed by atoms with Crippen LogP contribution < -0.4 is 5.32 Å². The molecule has 0 radical (unpaired) electrons. The molecule has 3 rings (SSSR count). The van der Waals surface area contributed by atoms with Gasteiger partial charge in [0.1, 0.15) is 0 Å². The molecule has 1 fully saturated rings. The van der Waals surface area contributed by atoms with E-state index < -0.39 is 0 Å². The van der Waals surface area contributed by atoms with Gasteiger partial charge in [-0.2, -0.15) is 0 Å². The lowest BCUT2D eigenvalue weighted by Gasteiger charge is -2.31. The summed E-state index contributed by atoms with van der Waals surface area (Å²) >= 11 is 6.29. The Morgan fingerprint density at radius 1 is 1.11 bits per heavy atom. The molecule has 0 aliphatic carbocycles. The van der Waals surface area contributed by atoms with Crippen molar-refractivity contribution in [3.63, 3.8) is 0 Å². The summed E-state index contributed by atoms with van der Waals surface area (Å²) in [5, 5.41) is 3.55. The lowest BCUT2D eigenvalue weighted by molar-refractivity contribution is -0.133. The zero-order valence-corrected chi connectivity index (χ0v) is 16.6. The van der Waals surface area contributed by atoms with E-state index in [0.29, 0.717) is 43.1 Å². The van der Waals surface area contributed by atoms with E-state index in [-0.39, 0.29) is 17.7 Å². The van der Waals surface area contributed by atoms with Crippen LogP contribution in [0.1, 0.15) is 29.5 Å². The second kappa shape index (κ2) is 8.57. The molecule has 1 aliphatic rings. The molecule has 0 spiro atoms. The first-order valence-corrected chi connectivity index (χ1v) is 9.71. The smallest absolute Gasteiger partial charge is 0.227 e. The third-order valence-electron chi connectivity index (χ3n) is 5.10. The van der Waals surface area contributed by atoms with Crippen molar-refractivity contribution in [3.8, 4) is 0 Å². The van der Waals surface area contributed by atoms with Crippen LogP contribution in [0, 0.1) is 19.8 Å². The minimum absolute atomic E-state index is 0.0148. The molecule has 0 atom stereocenters. The van der Waals surface area contributed by atoms with Crippen LogP contribution in [0.5, 0.6) is 0 Å². The first-order chi connectivity index (χ1) is 12.9. The van der Waals surface area contributed by atoms with Crippen LogP contribution in [0.25, 0.3) is 0 Å². The molecule has 0 saturated carbocycles. The highest BCUT2D eigenvalue weighted by Crippen LogP contribution is 2.29. The zero-order valence-electron chi connectivity index (χ0n) is 15.8. The normalized spacial score (nSPS) is 14.9. The number of piperidine rings is 1. The molecular weight excluding hydrogens is 360 g/mol. The van der Waals surface area contributed by atoms with E-state index in [0.717, 1.165) is 16.7 Å². The number of amides is 2. The molecule has 2 amide bonds. The van der Waals surface area contributed by atoms with Gasteiger partial charge in [-0.3, -0.25) is 9.59 Å². The first kappa shape index (κ1) is 19.4. The van der Waals surface area contributed by atoms with Gasteiger partial charge in [0.25, 0.3) is 0 Å². The topological polar surface area (TPSA) is 49.4 Å². The van der Waals surface area contributed by atoms with Crippen molar-refractivity contribution in [1.82, 2.24) is 4.90 Å². The van der Waals surface area contributed by atoms with Crippen molar-refractivity contribution < 1.29 is 9.59 Å². The van der Waals surface area contributed by atoms with Gasteiger partial charge >= 0.3 is 0 Å². The lowest BCUT2D eigenvalue weighted by Crippen LogP contribution is -2.42. The maximum absolute atomic E-state index is 12.7. The minimum Gasteiger partial charge on any atom is -0.342 e. The summed E-state index contributed by atoms with van der Waals surface area (Å²) in [6.07, 6.45) is 1.76. The fraction of sp³-hybridized carbons (Fsp3) is 0.364. The van der Waals surface area contributed by atoms with E-state index in [1.165, 1.54) is 0 Å². The molecule has 1 N–H and O–H groups in total. The molecule has 0 bridgehead atoms. The van der Waals surface area contributed by atoms with Crippen LogP contribution >= 0.6 is 11.6 Å². The number of anilines is 1. The van der Waals surface area contributed by atoms with Gasteiger partial charge in [0, 0.05) is 19.0 Å². The van der Waals surface area contributed by atoms with Crippen molar-refractivity contribution in [2.45, 2.75) is 33.1 Å². The van der Waals surface area contributed by atoms with Gasteiger partial charge < -0.3 is 10.2 Å². The largest absolute Gasteiger partial charge is 0.342 e. The van der Waals surface area contributed by atoms with Crippen molar-refractivity contribution in [3.05, 3.63) is 64.2 Å². The van der Waals surface area contributed by atoms with Gasteiger partial charge in [-0.05, 0) is 49.4 Å². The van der Waals surface area contributed by atoms with Gasteiger partial charge in [-0.25, -0.2) is 0 Å². The Kier molecular flexibility index (Phi) is 6.17. The van der Waals surface area contributed by atoms with Crippen LogP contribution in [0.4, 0.5) is 5.69 Å². The monoisotopic (exact) mass is 384 g/mol. The number of halogens is 1. The minimum atomic E-state index is -0.0949. The van der Waals surface area contributed by atoms with Crippen LogP contribution in [0.3, 0.4) is 0 Å². The van der Waals surface area contributed by atoms with Gasteiger partial charge in [0.05, 0.1) is 17.1 Å². The van der Waals surface area contributed by atoms with E-state index in [1.807, 2.05) is 61.2 Å². The highest BCUT2D eigenvalue weighted by Gasteiger charge is 2.27. The number of rotatable bonds is 4. The molecule has 2 aromatic carbocycles. The van der Waals surface area contributed by atoms with Crippen LogP contribution in [0.2, 0.25) is 5.02 Å². The van der Waals surface area contributed by atoms with E-state index in [2.05, 4.69) is 5.32 Å².